The van der Waals surface area contributed by atoms with Gasteiger partial charge < -0.3 is 15.0 Å². The van der Waals surface area contributed by atoms with Gasteiger partial charge in [0.2, 0.25) is 0 Å². The summed E-state index contributed by atoms with van der Waals surface area (Å²) in [7, 11) is 1.67. The fourth-order valence-corrected chi connectivity index (χ4v) is 3.26. The van der Waals surface area contributed by atoms with Gasteiger partial charge in [-0.3, -0.25) is 0 Å². The SMILES string of the molecule is COc1cccc(NC(=S)N(Cc2ccccc2)[C@@H](C)C2CC2)c1. The minimum absolute atomic E-state index is 0.441. The molecule has 0 amide bonds. The van der Waals surface area contributed by atoms with E-state index in [-0.39, 0.29) is 0 Å². The van der Waals surface area contributed by atoms with Crippen molar-refractivity contribution in [3.8, 4) is 5.75 Å². The third-order valence-corrected chi connectivity index (χ3v) is 4.91. The van der Waals surface area contributed by atoms with Crippen LogP contribution in [0.1, 0.15) is 25.3 Å². The lowest BCUT2D eigenvalue weighted by Gasteiger charge is -2.32. The largest absolute Gasteiger partial charge is 0.497 e. The third-order valence-electron chi connectivity index (χ3n) is 4.57. The minimum Gasteiger partial charge on any atom is -0.497 e. The number of anilines is 1. The van der Waals surface area contributed by atoms with Gasteiger partial charge in [0, 0.05) is 24.3 Å². The van der Waals surface area contributed by atoms with Crippen molar-refractivity contribution in [3.05, 3.63) is 60.2 Å². The Kier molecular flexibility index (Phi) is 5.36. The second-order valence-electron chi connectivity index (χ2n) is 6.35. The second kappa shape index (κ2) is 7.67. The van der Waals surface area contributed by atoms with Crippen molar-refractivity contribution in [1.82, 2.24) is 4.90 Å². The Morgan fingerprint density at radius 2 is 1.96 bits per heavy atom. The first-order chi connectivity index (χ1) is 11.7. The standard InChI is InChI=1S/C20H24N2OS/c1-15(17-11-12-17)22(14-16-7-4-3-5-8-16)20(24)21-18-9-6-10-19(13-18)23-2/h3-10,13,15,17H,11-12,14H2,1-2H3,(H,21,24)/t15-/m0/s1. The van der Waals surface area contributed by atoms with E-state index in [0.29, 0.717) is 6.04 Å². The van der Waals surface area contributed by atoms with Crippen LogP contribution in [-0.2, 0) is 6.54 Å². The van der Waals surface area contributed by atoms with Crippen LogP contribution >= 0.6 is 12.2 Å². The van der Waals surface area contributed by atoms with Crippen molar-refractivity contribution >= 4 is 23.0 Å². The van der Waals surface area contributed by atoms with Crippen LogP contribution in [-0.4, -0.2) is 23.2 Å². The van der Waals surface area contributed by atoms with Crippen LogP contribution in [0.3, 0.4) is 0 Å². The topological polar surface area (TPSA) is 24.5 Å². The number of ether oxygens (including phenoxy) is 1. The number of methoxy groups -OCH3 is 1. The zero-order valence-corrected chi connectivity index (χ0v) is 15.1. The summed E-state index contributed by atoms with van der Waals surface area (Å²) in [5, 5.41) is 4.15. The first kappa shape index (κ1) is 16.8. The first-order valence-corrected chi connectivity index (χ1v) is 8.84. The minimum atomic E-state index is 0.441. The van der Waals surface area contributed by atoms with Gasteiger partial charge in [-0.15, -0.1) is 0 Å². The van der Waals surface area contributed by atoms with Crippen LogP contribution in [0.5, 0.6) is 5.75 Å². The molecule has 0 spiro atoms. The van der Waals surface area contributed by atoms with Gasteiger partial charge in [0.25, 0.3) is 0 Å². The van der Waals surface area contributed by atoms with Gasteiger partial charge in [0.05, 0.1) is 7.11 Å². The van der Waals surface area contributed by atoms with Crippen LogP contribution in [0.4, 0.5) is 5.69 Å². The number of nitrogens with zero attached hydrogens (tertiary/aromatic N) is 1. The Bertz CT molecular complexity index is 685. The number of thiocarbonyl (C=S) groups is 1. The monoisotopic (exact) mass is 340 g/mol. The van der Waals surface area contributed by atoms with Crippen molar-refractivity contribution in [3.63, 3.8) is 0 Å². The van der Waals surface area contributed by atoms with Gasteiger partial charge in [-0.1, -0.05) is 36.4 Å². The molecule has 1 aliphatic carbocycles. The summed E-state index contributed by atoms with van der Waals surface area (Å²) in [5.41, 5.74) is 2.24. The maximum absolute atomic E-state index is 5.73. The molecule has 1 aliphatic rings. The summed E-state index contributed by atoms with van der Waals surface area (Å²) in [6, 6.07) is 18.8. The van der Waals surface area contributed by atoms with Gasteiger partial charge in [0.15, 0.2) is 5.11 Å². The van der Waals surface area contributed by atoms with Crippen LogP contribution < -0.4 is 10.1 Å². The number of nitrogens with one attached hydrogen (secondary N) is 1. The van der Waals surface area contributed by atoms with E-state index in [1.54, 1.807) is 7.11 Å². The summed E-state index contributed by atoms with van der Waals surface area (Å²) in [6.07, 6.45) is 2.60. The maximum Gasteiger partial charge on any atom is 0.173 e. The fraction of sp³-hybridized carbons (Fsp3) is 0.350. The summed E-state index contributed by atoms with van der Waals surface area (Å²) in [6.45, 7) is 3.11. The molecule has 3 nitrogen and oxygen atoms in total. The quantitative estimate of drug-likeness (QED) is 0.771. The predicted octanol–water partition coefficient (Wildman–Crippen LogP) is 4.69. The maximum atomic E-state index is 5.73. The lowest BCUT2D eigenvalue weighted by Crippen LogP contribution is -2.41. The van der Waals surface area contributed by atoms with Crippen molar-refractivity contribution in [2.75, 3.05) is 12.4 Å². The fourth-order valence-electron chi connectivity index (χ4n) is 2.91. The predicted molar refractivity (Wildman–Crippen MR) is 103 cm³/mol. The van der Waals surface area contributed by atoms with E-state index in [2.05, 4.69) is 41.4 Å². The first-order valence-electron chi connectivity index (χ1n) is 8.43. The highest BCUT2D eigenvalue weighted by molar-refractivity contribution is 7.80. The van der Waals surface area contributed by atoms with Crippen molar-refractivity contribution in [2.45, 2.75) is 32.4 Å². The van der Waals surface area contributed by atoms with Gasteiger partial charge in [-0.2, -0.15) is 0 Å². The molecule has 126 valence electrons. The molecule has 1 saturated carbocycles. The molecule has 0 aliphatic heterocycles. The Hall–Kier alpha value is -2.07. The average Bonchev–Trinajstić information content (AvgIpc) is 3.45. The van der Waals surface area contributed by atoms with Crippen LogP contribution in [0.25, 0.3) is 0 Å². The van der Waals surface area contributed by atoms with Crippen LogP contribution in [0, 0.1) is 5.92 Å². The van der Waals surface area contributed by atoms with E-state index in [1.165, 1.54) is 18.4 Å². The average molecular weight is 340 g/mol. The molecule has 0 saturated heterocycles. The molecular weight excluding hydrogens is 316 g/mol. The summed E-state index contributed by atoms with van der Waals surface area (Å²) >= 11 is 5.73. The molecular formula is C20H24N2OS. The van der Waals surface area contributed by atoms with Gasteiger partial charge in [0.1, 0.15) is 5.75 Å². The van der Waals surface area contributed by atoms with E-state index in [0.717, 1.165) is 29.0 Å². The summed E-state index contributed by atoms with van der Waals surface area (Å²) in [5.74, 6) is 1.58. The molecule has 2 aromatic rings. The smallest absolute Gasteiger partial charge is 0.173 e. The Labute approximate surface area is 149 Å². The van der Waals surface area contributed by atoms with Crippen molar-refractivity contribution in [1.29, 1.82) is 0 Å². The van der Waals surface area contributed by atoms with Gasteiger partial charge >= 0.3 is 0 Å². The molecule has 24 heavy (non-hydrogen) atoms. The van der Waals surface area contributed by atoms with Crippen LogP contribution in [0.15, 0.2) is 54.6 Å². The molecule has 0 aromatic heterocycles. The van der Waals surface area contributed by atoms with Gasteiger partial charge in [-0.25, -0.2) is 0 Å². The molecule has 0 heterocycles. The zero-order valence-electron chi connectivity index (χ0n) is 14.2. The molecule has 1 N–H and O–H groups in total. The number of benzene rings is 2. The lowest BCUT2D eigenvalue weighted by atomic mass is 10.1. The number of rotatable bonds is 6. The normalized spacial score (nSPS) is 14.8. The molecule has 0 unspecified atom stereocenters. The molecule has 3 rings (SSSR count). The van der Waals surface area contributed by atoms with Crippen molar-refractivity contribution in [2.24, 2.45) is 5.92 Å². The Morgan fingerprint density at radius 3 is 2.62 bits per heavy atom. The molecule has 0 radical (unpaired) electrons. The highest BCUT2D eigenvalue weighted by Crippen LogP contribution is 2.36. The van der Waals surface area contributed by atoms with E-state index in [1.807, 2.05) is 30.3 Å². The lowest BCUT2D eigenvalue weighted by molar-refractivity contribution is 0.298. The van der Waals surface area contributed by atoms with Gasteiger partial charge in [-0.05, 0) is 55.6 Å². The summed E-state index contributed by atoms with van der Waals surface area (Å²) in [4.78, 5) is 2.31. The van der Waals surface area contributed by atoms with E-state index >= 15 is 0 Å². The van der Waals surface area contributed by atoms with E-state index in [4.69, 9.17) is 17.0 Å². The summed E-state index contributed by atoms with van der Waals surface area (Å²) < 4.78 is 5.29. The number of hydrogen-bond acceptors (Lipinski definition) is 2. The van der Waals surface area contributed by atoms with E-state index in [9.17, 15) is 0 Å². The molecule has 1 atom stereocenters. The third kappa shape index (κ3) is 4.26. The second-order valence-corrected chi connectivity index (χ2v) is 6.74. The molecule has 0 bridgehead atoms. The Balaban J connectivity index is 1.74. The van der Waals surface area contributed by atoms with Crippen molar-refractivity contribution < 1.29 is 4.74 Å². The molecule has 1 fully saturated rings. The Morgan fingerprint density at radius 1 is 1.21 bits per heavy atom. The zero-order chi connectivity index (χ0) is 16.9. The van der Waals surface area contributed by atoms with Crippen LogP contribution in [0.2, 0.25) is 0 Å². The molecule has 2 aromatic carbocycles. The highest BCUT2D eigenvalue weighted by Gasteiger charge is 2.33. The van der Waals surface area contributed by atoms with E-state index < -0.39 is 0 Å². The number of hydrogen-bond donors (Lipinski definition) is 1. The highest BCUT2D eigenvalue weighted by atomic mass is 32.1. The molecule has 4 heteroatoms.